The van der Waals surface area contributed by atoms with Gasteiger partial charge in [-0.2, -0.15) is 17.0 Å². The third-order valence-corrected chi connectivity index (χ3v) is 9.43. The molecule has 2 fully saturated rings. The minimum Gasteiger partial charge on any atom is -0.354 e. The van der Waals surface area contributed by atoms with Crippen LogP contribution in [-0.2, 0) is 29.3 Å². The summed E-state index contributed by atoms with van der Waals surface area (Å²) >= 11 is 0. The van der Waals surface area contributed by atoms with Gasteiger partial charge in [0.15, 0.2) is 6.10 Å². The predicted molar refractivity (Wildman–Crippen MR) is 126 cm³/mol. The highest BCUT2D eigenvalue weighted by Crippen LogP contribution is 2.37. The standard InChI is InChI=1S/C23H29N3O6S2/c1-18-10-12-20(13-11-18)33(28,29)25-15-5-6-17-26-21(19-8-3-2-4-9-19)22(32-34(26,30)31)23(27)24-14-7-16-25/h2-4,8-13,21-22H,5-7,14-17H2,1H3,(H,24,27)/t21-,22-/m1/s1. The smallest absolute Gasteiger partial charge is 0.339 e. The Bertz CT molecular complexity index is 1220. The van der Waals surface area contributed by atoms with E-state index < -0.39 is 38.4 Å². The number of carbonyl (C=O) groups is 1. The number of nitrogens with zero attached hydrogens (tertiary/aromatic N) is 2. The number of amides is 1. The summed E-state index contributed by atoms with van der Waals surface area (Å²) in [6.45, 7) is 2.69. The summed E-state index contributed by atoms with van der Waals surface area (Å²) in [6.07, 6.45) is 0.0569. The van der Waals surface area contributed by atoms with Gasteiger partial charge >= 0.3 is 10.3 Å². The van der Waals surface area contributed by atoms with Gasteiger partial charge in [-0.3, -0.25) is 4.79 Å². The number of carbonyl (C=O) groups excluding carboxylic acids is 1. The van der Waals surface area contributed by atoms with E-state index in [0.717, 1.165) is 5.56 Å². The van der Waals surface area contributed by atoms with E-state index in [1.165, 1.54) is 8.61 Å². The van der Waals surface area contributed by atoms with E-state index in [2.05, 4.69) is 5.32 Å². The van der Waals surface area contributed by atoms with Crippen molar-refractivity contribution in [2.75, 3.05) is 26.2 Å². The number of benzene rings is 2. The topological polar surface area (TPSA) is 113 Å². The number of hydrogen-bond donors (Lipinski definition) is 1. The second kappa shape index (κ2) is 10.1. The molecule has 4 rings (SSSR count). The Labute approximate surface area is 201 Å². The molecule has 184 valence electrons. The van der Waals surface area contributed by atoms with Gasteiger partial charge in [0.25, 0.3) is 5.91 Å². The average molecular weight is 508 g/mol. The molecular formula is C23H29N3O6S2. The van der Waals surface area contributed by atoms with Crippen LogP contribution in [0, 0.1) is 6.92 Å². The molecule has 1 unspecified atom stereocenters. The van der Waals surface area contributed by atoms with Crippen LogP contribution in [0.1, 0.15) is 36.4 Å². The molecule has 0 aliphatic carbocycles. The SMILES string of the molecule is Cc1ccc(S(=O)(=O)N2CCCCN3[C@H](c4ccccc4)[C@@H](OS3(=O)=O)C(=O)NCCC2)cc1. The van der Waals surface area contributed by atoms with Crippen LogP contribution in [-0.4, -0.2) is 63.6 Å². The number of sulfonamides is 1. The van der Waals surface area contributed by atoms with Crippen LogP contribution in [0.25, 0.3) is 0 Å². The molecule has 0 saturated carbocycles. The van der Waals surface area contributed by atoms with Crippen LogP contribution in [0.5, 0.6) is 0 Å². The largest absolute Gasteiger partial charge is 0.354 e. The van der Waals surface area contributed by atoms with Gasteiger partial charge in [0.1, 0.15) is 0 Å². The molecule has 2 aliphatic heterocycles. The number of nitrogens with one attached hydrogen (secondary N) is 1. The molecule has 1 N–H and O–H groups in total. The molecule has 2 aromatic rings. The van der Waals surface area contributed by atoms with Crippen molar-refractivity contribution in [2.24, 2.45) is 0 Å². The highest BCUT2D eigenvalue weighted by Gasteiger charge is 2.50. The molecule has 2 aromatic carbocycles. The van der Waals surface area contributed by atoms with Gasteiger partial charge in [0.2, 0.25) is 10.0 Å². The summed E-state index contributed by atoms with van der Waals surface area (Å²) in [5, 5.41) is 2.73. The lowest BCUT2D eigenvalue weighted by Gasteiger charge is -2.24. The van der Waals surface area contributed by atoms with Crippen molar-refractivity contribution < 1.29 is 25.8 Å². The Morgan fingerprint density at radius 1 is 0.941 bits per heavy atom. The van der Waals surface area contributed by atoms with E-state index >= 15 is 0 Å². The fourth-order valence-corrected chi connectivity index (χ4v) is 7.24. The molecule has 2 aliphatic rings. The molecule has 34 heavy (non-hydrogen) atoms. The van der Waals surface area contributed by atoms with Crippen molar-refractivity contribution in [1.29, 1.82) is 0 Å². The molecule has 9 nitrogen and oxygen atoms in total. The van der Waals surface area contributed by atoms with Crippen LogP contribution in [0.4, 0.5) is 0 Å². The lowest BCUT2D eigenvalue weighted by atomic mass is 10.0. The first-order chi connectivity index (χ1) is 16.2. The molecule has 0 spiro atoms. The van der Waals surface area contributed by atoms with Crippen molar-refractivity contribution >= 4 is 26.2 Å². The van der Waals surface area contributed by atoms with Crippen molar-refractivity contribution in [2.45, 2.75) is 43.2 Å². The molecule has 0 aromatic heterocycles. The zero-order valence-corrected chi connectivity index (χ0v) is 20.6. The maximum atomic E-state index is 13.2. The lowest BCUT2D eigenvalue weighted by Crippen LogP contribution is -2.40. The van der Waals surface area contributed by atoms with Crippen molar-refractivity contribution in [1.82, 2.24) is 13.9 Å². The minimum atomic E-state index is -4.11. The highest BCUT2D eigenvalue weighted by molar-refractivity contribution is 7.89. The summed E-state index contributed by atoms with van der Waals surface area (Å²) in [5.41, 5.74) is 1.63. The van der Waals surface area contributed by atoms with E-state index in [0.29, 0.717) is 24.8 Å². The van der Waals surface area contributed by atoms with Crippen molar-refractivity contribution in [3.05, 3.63) is 65.7 Å². The Morgan fingerprint density at radius 2 is 1.59 bits per heavy atom. The minimum absolute atomic E-state index is 0.115. The van der Waals surface area contributed by atoms with Crippen LogP contribution in [0.2, 0.25) is 0 Å². The zero-order valence-electron chi connectivity index (χ0n) is 19.0. The fraction of sp³-hybridized carbons (Fsp3) is 0.435. The molecule has 2 heterocycles. The fourth-order valence-electron chi connectivity index (χ4n) is 4.29. The van der Waals surface area contributed by atoms with Gasteiger partial charge in [0.05, 0.1) is 10.9 Å². The molecule has 0 radical (unpaired) electrons. The van der Waals surface area contributed by atoms with Gasteiger partial charge in [-0.05, 0) is 43.9 Å². The molecule has 3 atom stereocenters. The van der Waals surface area contributed by atoms with Gasteiger partial charge in [-0.15, -0.1) is 0 Å². The maximum Gasteiger partial charge on any atom is 0.339 e. The Hall–Kier alpha value is -2.31. The first-order valence-electron chi connectivity index (χ1n) is 11.3. The first-order valence-corrected chi connectivity index (χ1v) is 14.1. The van der Waals surface area contributed by atoms with E-state index in [1.807, 2.05) is 13.0 Å². The second-order valence-electron chi connectivity index (χ2n) is 8.51. The van der Waals surface area contributed by atoms with E-state index in [-0.39, 0.29) is 31.1 Å². The van der Waals surface area contributed by atoms with Crippen LogP contribution in [0.15, 0.2) is 59.5 Å². The van der Waals surface area contributed by atoms with Gasteiger partial charge in [-0.1, -0.05) is 48.0 Å². The zero-order chi connectivity index (χ0) is 24.3. The van der Waals surface area contributed by atoms with Crippen LogP contribution < -0.4 is 5.32 Å². The van der Waals surface area contributed by atoms with E-state index in [1.54, 1.807) is 48.5 Å². The molecule has 2 bridgehead atoms. The second-order valence-corrected chi connectivity index (χ2v) is 12.0. The summed E-state index contributed by atoms with van der Waals surface area (Å²) in [7, 11) is -7.83. The van der Waals surface area contributed by atoms with E-state index in [4.69, 9.17) is 4.18 Å². The molecule has 1 amide bonds. The summed E-state index contributed by atoms with van der Waals surface area (Å²) in [5.74, 6) is -0.535. The van der Waals surface area contributed by atoms with Crippen molar-refractivity contribution in [3.63, 3.8) is 0 Å². The normalized spacial score (nSPS) is 26.6. The summed E-state index contributed by atoms with van der Waals surface area (Å²) in [4.78, 5) is 13.1. The molecule has 11 heteroatoms. The number of aryl methyl sites for hydroxylation is 1. The van der Waals surface area contributed by atoms with Gasteiger partial charge < -0.3 is 5.32 Å². The third-order valence-electron chi connectivity index (χ3n) is 6.09. The van der Waals surface area contributed by atoms with Crippen LogP contribution >= 0.6 is 0 Å². The molecule has 2 saturated heterocycles. The number of hydrogen-bond acceptors (Lipinski definition) is 6. The van der Waals surface area contributed by atoms with Gasteiger partial charge in [-0.25, -0.2) is 12.6 Å². The number of rotatable bonds is 3. The van der Waals surface area contributed by atoms with E-state index in [9.17, 15) is 21.6 Å². The Balaban J connectivity index is 1.58. The predicted octanol–water partition coefficient (Wildman–Crippen LogP) is 1.97. The Kier molecular flexibility index (Phi) is 7.39. The quantitative estimate of drug-likeness (QED) is 0.680. The first kappa shape index (κ1) is 24.8. The summed E-state index contributed by atoms with van der Waals surface area (Å²) < 4.78 is 59.9. The summed E-state index contributed by atoms with van der Waals surface area (Å²) in [6, 6.07) is 14.9. The third kappa shape index (κ3) is 5.18. The highest BCUT2D eigenvalue weighted by atomic mass is 32.2. The monoisotopic (exact) mass is 507 g/mol. The van der Waals surface area contributed by atoms with Crippen molar-refractivity contribution in [3.8, 4) is 0 Å². The maximum absolute atomic E-state index is 13.2. The Morgan fingerprint density at radius 3 is 2.29 bits per heavy atom. The average Bonchev–Trinajstić information content (AvgIpc) is 3.09. The number of fused-ring (bicyclic) bond motifs is 2. The molecular weight excluding hydrogens is 478 g/mol. The van der Waals surface area contributed by atoms with Crippen LogP contribution in [0.3, 0.4) is 0 Å². The van der Waals surface area contributed by atoms with Gasteiger partial charge in [0, 0.05) is 26.2 Å². The lowest BCUT2D eigenvalue weighted by molar-refractivity contribution is -0.128.